The summed E-state index contributed by atoms with van der Waals surface area (Å²) in [4.78, 5) is 6.97. The van der Waals surface area contributed by atoms with E-state index in [9.17, 15) is 4.21 Å². The van der Waals surface area contributed by atoms with E-state index in [1.54, 1.807) is 0 Å². The van der Waals surface area contributed by atoms with Gasteiger partial charge in [-0.25, -0.2) is 0 Å². The number of rotatable bonds is 6. The number of benzene rings is 1. The van der Waals surface area contributed by atoms with E-state index in [2.05, 4.69) is 33.5 Å². The lowest BCUT2D eigenvalue weighted by molar-refractivity contribution is 0.468. The molecule has 160 valence electrons. The second-order valence-corrected chi connectivity index (χ2v) is 10.5. The monoisotopic (exact) mass is 540 g/mol. The summed E-state index contributed by atoms with van der Waals surface area (Å²) in [6.07, 6.45) is 2.20. The van der Waals surface area contributed by atoms with Gasteiger partial charge in [0, 0.05) is 47.0 Å². The molecule has 8 heteroatoms. The first kappa shape index (κ1) is 25.5. The maximum absolute atomic E-state index is 12.2. The Hall–Kier alpha value is -0.540. The van der Waals surface area contributed by atoms with Gasteiger partial charge in [-0.1, -0.05) is 23.7 Å². The van der Waals surface area contributed by atoms with Crippen LogP contribution in [0.3, 0.4) is 0 Å². The fourth-order valence-corrected chi connectivity index (χ4v) is 4.21. The van der Waals surface area contributed by atoms with Gasteiger partial charge in [0.05, 0.1) is 17.3 Å². The van der Waals surface area contributed by atoms with E-state index in [0.29, 0.717) is 18.3 Å². The van der Waals surface area contributed by atoms with E-state index in [1.807, 2.05) is 39.0 Å². The Balaban J connectivity index is 0.00000392. The molecule has 0 aromatic heterocycles. The van der Waals surface area contributed by atoms with Gasteiger partial charge >= 0.3 is 0 Å². The van der Waals surface area contributed by atoms with E-state index in [-0.39, 0.29) is 28.7 Å². The molecule has 1 aromatic carbocycles. The van der Waals surface area contributed by atoms with Crippen molar-refractivity contribution in [1.29, 1.82) is 0 Å². The third-order valence-corrected chi connectivity index (χ3v) is 6.77. The van der Waals surface area contributed by atoms with Gasteiger partial charge in [-0.05, 0) is 52.7 Å². The quantitative estimate of drug-likeness (QED) is 0.325. The third-order valence-electron chi connectivity index (χ3n) is 4.53. The molecule has 1 aromatic rings. The number of nitrogens with zero attached hydrogens (tertiary/aromatic N) is 2. The van der Waals surface area contributed by atoms with Crippen molar-refractivity contribution in [1.82, 2.24) is 10.6 Å². The van der Waals surface area contributed by atoms with Crippen molar-refractivity contribution in [2.75, 3.05) is 36.8 Å². The van der Waals surface area contributed by atoms with Crippen molar-refractivity contribution in [3.05, 3.63) is 29.3 Å². The van der Waals surface area contributed by atoms with E-state index in [1.165, 1.54) is 0 Å². The van der Waals surface area contributed by atoms with Gasteiger partial charge in [0.1, 0.15) is 0 Å². The predicted octanol–water partition coefficient (Wildman–Crippen LogP) is 4.03. The molecule has 0 radical (unpaired) electrons. The van der Waals surface area contributed by atoms with Crippen LogP contribution in [0.15, 0.2) is 29.3 Å². The number of nitrogens with one attached hydrogen (secondary N) is 2. The van der Waals surface area contributed by atoms with Gasteiger partial charge in [0.15, 0.2) is 5.96 Å². The van der Waals surface area contributed by atoms with Crippen LogP contribution >= 0.6 is 35.6 Å². The fourth-order valence-electron chi connectivity index (χ4n) is 3.08. The van der Waals surface area contributed by atoms with Crippen LogP contribution in [-0.2, 0) is 10.8 Å². The summed E-state index contributed by atoms with van der Waals surface area (Å²) in [5, 5.41) is 7.64. The Morgan fingerprint density at radius 3 is 2.71 bits per heavy atom. The van der Waals surface area contributed by atoms with Crippen LogP contribution in [0.1, 0.15) is 40.5 Å². The molecule has 2 atom stereocenters. The predicted molar refractivity (Wildman–Crippen MR) is 134 cm³/mol. The second kappa shape index (κ2) is 12.2. The number of hydrogen-bond donors (Lipinski definition) is 2. The molecule has 1 aliphatic rings. The summed E-state index contributed by atoms with van der Waals surface area (Å²) in [6, 6.07) is 8.31. The number of anilines is 1. The zero-order chi connectivity index (χ0) is 19.9. The van der Waals surface area contributed by atoms with Gasteiger partial charge in [0.25, 0.3) is 0 Å². The van der Waals surface area contributed by atoms with Crippen molar-refractivity contribution in [2.24, 2.45) is 4.99 Å². The molecule has 0 aliphatic carbocycles. The van der Waals surface area contributed by atoms with E-state index in [0.717, 1.165) is 49.1 Å². The molecule has 28 heavy (non-hydrogen) atoms. The number of guanidine groups is 1. The molecule has 1 saturated heterocycles. The molecule has 0 amide bonds. The van der Waals surface area contributed by atoms with Crippen molar-refractivity contribution < 1.29 is 4.21 Å². The van der Waals surface area contributed by atoms with Gasteiger partial charge in [-0.3, -0.25) is 9.20 Å². The summed E-state index contributed by atoms with van der Waals surface area (Å²) in [6.45, 7) is 11.3. The molecule has 5 nitrogen and oxygen atoms in total. The van der Waals surface area contributed by atoms with Crippen LogP contribution in [0.2, 0.25) is 5.02 Å². The molecule has 2 rings (SSSR count). The number of halogens is 2. The van der Waals surface area contributed by atoms with Crippen LogP contribution in [0.5, 0.6) is 0 Å². The first-order valence-electron chi connectivity index (χ1n) is 9.74. The zero-order valence-corrected chi connectivity index (χ0v) is 21.2. The lowest BCUT2D eigenvalue weighted by atomic mass is 10.0. The third kappa shape index (κ3) is 8.06. The lowest BCUT2D eigenvalue weighted by Crippen LogP contribution is -2.51. The van der Waals surface area contributed by atoms with Crippen LogP contribution in [0.25, 0.3) is 0 Å². The van der Waals surface area contributed by atoms with Crippen LogP contribution in [-0.4, -0.2) is 52.9 Å². The maximum Gasteiger partial charge on any atom is 0.191 e. The van der Waals surface area contributed by atoms with Crippen molar-refractivity contribution >= 4 is 58.0 Å². The average molecular weight is 541 g/mol. The molecule has 0 spiro atoms. The smallest absolute Gasteiger partial charge is 0.191 e. The normalized spacial score (nSPS) is 19.0. The largest absolute Gasteiger partial charge is 0.368 e. The van der Waals surface area contributed by atoms with Gasteiger partial charge < -0.3 is 15.5 Å². The number of para-hydroxylation sites is 1. The highest BCUT2D eigenvalue weighted by Gasteiger charge is 2.22. The molecule has 1 heterocycles. The minimum atomic E-state index is -0.883. The molecule has 2 N–H and O–H groups in total. The van der Waals surface area contributed by atoms with Crippen molar-refractivity contribution in [3.8, 4) is 0 Å². The summed E-state index contributed by atoms with van der Waals surface area (Å²) in [7, 11) is -0.883. The van der Waals surface area contributed by atoms with Gasteiger partial charge in [0.2, 0.25) is 0 Å². The van der Waals surface area contributed by atoms with Crippen LogP contribution < -0.4 is 15.5 Å². The number of piperidine rings is 1. The Bertz CT molecular complexity index is 666. The Kier molecular flexibility index (Phi) is 11.1. The summed E-state index contributed by atoms with van der Waals surface area (Å²) in [5.41, 5.74) is 1.09. The zero-order valence-electron chi connectivity index (χ0n) is 17.3. The first-order valence-corrected chi connectivity index (χ1v) is 11.4. The molecule has 1 aliphatic heterocycles. The second-order valence-electron chi connectivity index (χ2n) is 7.80. The summed E-state index contributed by atoms with van der Waals surface area (Å²) in [5.74, 6) is 1.38. The Morgan fingerprint density at radius 2 is 2.07 bits per heavy atom. The highest BCUT2D eigenvalue weighted by molar-refractivity contribution is 14.0. The highest BCUT2D eigenvalue weighted by atomic mass is 127. The molecular weight excluding hydrogens is 507 g/mol. The fraction of sp³-hybridized carbons (Fsp3) is 0.650. The SMILES string of the molecule is CCNC(=NCCS(=O)C(C)(C)C)NC1CCCN(c2ccccc2Cl)C1.I. The first-order chi connectivity index (χ1) is 12.8. The number of aliphatic imine (C=N–C) groups is 1. The average Bonchev–Trinajstić information content (AvgIpc) is 2.61. The Morgan fingerprint density at radius 1 is 1.36 bits per heavy atom. The molecule has 0 bridgehead atoms. The lowest BCUT2D eigenvalue weighted by Gasteiger charge is -2.35. The molecular formula is C20H34ClIN4OS. The Labute approximate surface area is 194 Å². The van der Waals surface area contributed by atoms with Crippen molar-refractivity contribution in [3.63, 3.8) is 0 Å². The highest BCUT2D eigenvalue weighted by Crippen LogP contribution is 2.27. The molecule has 0 saturated carbocycles. The number of hydrogen-bond acceptors (Lipinski definition) is 3. The maximum atomic E-state index is 12.2. The van der Waals surface area contributed by atoms with Crippen LogP contribution in [0, 0.1) is 0 Å². The van der Waals surface area contributed by atoms with Gasteiger partial charge in [-0.2, -0.15) is 0 Å². The molecule has 2 unspecified atom stereocenters. The summed E-state index contributed by atoms with van der Waals surface area (Å²) >= 11 is 6.37. The van der Waals surface area contributed by atoms with E-state index >= 15 is 0 Å². The van der Waals surface area contributed by atoms with E-state index in [4.69, 9.17) is 11.6 Å². The molecule has 1 fully saturated rings. The minimum absolute atomic E-state index is 0. The van der Waals surface area contributed by atoms with Crippen molar-refractivity contribution in [2.45, 2.75) is 51.3 Å². The minimum Gasteiger partial charge on any atom is -0.368 e. The van der Waals surface area contributed by atoms with E-state index < -0.39 is 10.8 Å². The standard InChI is InChI=1S/C20H33ClN4OS.HI/c1-5-22-19(23-12-14-27(26)20(2,3)4)24-16-9-8-13-25(15-16)18-11-7-6-10-17(18)21;/h6-7,10-11,16H,5,8-9,12-15H2,1-4H3,(H2,22,23,24);1H. The van der Waals surface area contributed by atoms with Gasteiger partial charge in [-0.15, -0.1) is 24.0 Å². The van der Waals surface area contributed by atoms with Crippen LogP contribution in [0.4, 0.5) is 5.69 Å². The summed E-state index contributed by atoms with van der Waals surface area (Å²) < 4.78 is 12.0. The topological polar surface area (TPSA) is 56.7 Å².